The van der Waals surface area contributed by atoms with Crippen LogP contribution in [0.25, 0.3) is 10.9 Å². The lowest BCUT2D eigenvalue weighted by atomic mass is 9.98. The van der Waals surface area contributed by atoms with E-state index in [1.807, 2.05) is 29.3 Å². The third-order valence-corrected chi connectivity index (χ3v) is 4.53. The normalized spacial score (nSPS) is 16.8. The molecule has 2 aromatic rings. The summed E-state index contributed by atoms with van der Waals surface area (Å²) in [5, 5.41) is 1.69. The molecule has 0 unspecified atom stereocenters. The Balaban J connectivity index is 1.78. The smallest absolute Gasteiger partial charge is 0.227 e. The molecule has 20 heavy (non-hydrogen) atoms. The summed E-state index contributed by atoms with van der Waals surface area (Å²) in [5.74, 6) is 0.944. The van der Waals surface area contributed by atoms with E-state index in [9.17, 15) is 4.79 Å². The largest absolute Gasteiger partial charge is 0.361 e. The van der Waals surface area contributed by atoms with Crippen molar-refractivity contribution in [1.29, 1.82) is 0 Å². The van der Waals surface area contributed by atoms with Gasteiger partial charge in [-0.3, -0.25) is 4.79 Å². The zero-order chi connectivity index (χ0) is 14.1. The summed E-state index contributed by atoms with van der Waals surface area (Å²) in [4.78, 5) is 17.6. The van der Waals surface area contributed by atoms with Crippen LogP contribution >= 0.6 is 11.6 Å². The van der Waals surface area contributed by atoms with Crippen molar-refractivity contribution in [2.45, 2.75) is 26.2 Å². The first-order valence-corrected chi connectivity index (χ1v) is 7.55. The van der Waals surface area contributed by atoms with E-state index in [4.69, 9.17) is 11.6 Å². The fourth-order valence-electron chi connectivity index (χ4n) is 2.88. The Hall–Kier alpha value is -1.48. The third-order valence-electron chi connectivity index (χ3n) is 4.21. The first-order chi connectivity index (χ1) is 9.65. The van der Waals surface area contributed by atoms with Crippen molar-refractivity contribution in [3.63, 3.8) is 0 Å². The lowest BCUT2D eigenvalue weighted by Gasteiger charge is -2.30. The number of hydrogen-bond donors (Lipinski definition) is 1. The lowest BCUT2D eigenvalue weighted by Crippen LogP contribution is -2.38. The summed E-state index contributed by atoms with van der Waals surface area (Å²) in [7, 11) is 0. The van der Waals surface area contributed by atoms with Crippen molar-refractivity contribution in [2.24, 2.45) is 5.92 Å². The highest BCUT2D eigenvalue weighted by Gasteiger charge is 2.21. The molecule has 1 amide bonds. The van der Waals surface area contributed by atoms with Gasteiger partial charge in [-0.2, -0.15) is 0 Å². The maximum absolute atomic E-state index is 12.4. The molecule has 0 saturated carbocycles. The predicted molar refractivity (Wildman–Crippen MR) is 82.0 cm³/mol. The number of nitrogens with one attached hydrogen (secondary N) is 1. The van der Waals surface area contributed by atoms with Crippen molar-refractivity contribution >= 4 is 28.4 Å². The van der Waals surface area contributed by atoms with Gasteiger partial charge in [-0.1, -0.05) is 24.6 Å². The van der Waals surface area contributed by atoms with E-state index in [1.165, 1.54) is 0 Å². The Morgan fingerprint density at radius 2 is 2.15 bits per heavy atom. The summed E-state index contributed by atoms with van der Waals surface area (Å²) in [6.07, 6.45) is 4.56. The third kappa shape index (κ3) is 2.55. The van der Waals surface area contributed by atoms with E-state index in [1.54, 1.807) is 0 Å². The van der Waals surface area contributed by atoms with Gasteiger partial charge in [0, 0.05) is 30.2 Å². The molecule has 1 aromatic heterocycles. The SMILES string of the molecule is CC1CCN(C(=O)Cc2c[nH]c3cccc(Cl)c23)CC1. The summed E-state index contributed by atoms with van der Waals surface area (Å²) < 4.78 is 0. The Morgan fingerprint density at radius 3 is 2.90 bits per heavy atom. The topological polar surface area (TPSA) is 36.1 Å². The summed E-state index contributed by atoms with van der Waals surface area (Å²) >= 11 is 6.25. The summed E-state index contributed by atoms with van der Waals surface area (Å²) in [6.45, 7) is 4.02. The molecule has 4 heteroatoms. The van der Waals surface area contributed by atoms with E-state index in [0.29, 0.717) is 11.4 Å². The Bertz CT molecular complexity index is 626. The van der Waals surface area contributed by atoms with Crippen LogP contribution in [0.1, 0.15) is 25.3 Å². The maximum Gasteiger partial charge on any atom is 0.227 e. The molecule has 1 saturated heterocycles. The van der Waals surface area contributed by atoms with Gasteiger partial charge in [0.05, 0.1) is 11.4 Å². The number of fused-ring (bicyclic) bond motifs is 1. The average Bonchev–Trinajstić information content (AvgIpc) is 2.84. The van der Waals surface area contributed by atoms with Crippen LogP contribution in [0, 0.1) is 5.92 Å². The molecule has 1 aliphatic rings. The number of nitrogens with zero attached hydrogens (tertiary/aromatic N) is 1. The van der Waals surface area contributed by atoms with E-state index in [2.05, 4.69) is 11.9 Å². The number of amides is 1. The van der Waals surface area contributed by atoms with Gasteiger partial charge in [-0.15, -0.1) is 0 Å². The quantitative estimate of drug-likeness (QED) is 0.901. The molecule has 2 heterocycles. The van der Waals surface area contributed by atoms with Gasteiger partial charge in [0.2, 0.25) is 5.91 Å². The lowest BCUT2D eigenvalue weighted by molar-refractivity contribution is -0.131. The number of rotatable bonds is 2. The van der Waals surface area contributed by atoms with Crippen LogP contribution in [0.3, 0.4) is 0 Å². The second kappa shape index (κ2) is 5.49. The molecule has 0 atom stereocenters. The number of carbonyl (C=O) groups is 1. The monoisotopic (exact) mass is 290 g/mol. The number of aromatic amines is 1. The first-order valence-electron chi connectivity index (χ1n) is 7.17. The molecule has 0 spiro atoms. The molecule has 0 radical (unpaired) electrons. The second-order valence-electron chi connectivity index (χ2n) is 5.72. The first kappa shape index (κ1) is 13.5. The fraction of sp³-hybridized carbons (Fsp3) is 0.438. The van der Waals surface area contributed by atoms with E-state index in [0.717, 1.165) is 48.3 Å². The van der Waals surface area contributed by atoms with Crippen LogP contribution in [-0.2, 0) is 11.2 Å². The molecule has 0 bridgehead atoms. The minimum absolute atomic E-state index is 0.206. The Labute approximate surface area is 123 Å². The fourth-order valence-corrected chi connectivity index (χ4v) is 3.18. The molecule has 3 nitrogen and oxygen atoms in total. The Kier molecular flexibility index (Phi) is 3.70. The van der Waals surface area contributed by atoms with E-state index >= 15 is 0 Å². The van der Waals surface area contributed by atoms with Gasteiger partial charge >= 0.3 is 0 Å². The number of H-pyrrole nitrogens is 1. The molecule has 0 aliphatic carbocycles. The minimum atomic E-state index is 0.206. The molecule has 1 fully saturated rings. The highest BCUT2D eigenvalue weighted by molar-refractivity contribution is 6.35. The van der Waals surface area contributed by atoms with Crippen molar-refractivity contribution in [3.05, 3.63) is 35.0 Å². The van der Waals surface area contributed by atoms with Crippen molar-refractivity contribution in [1.82, 2.24) is 9.88 Å². The second-order valence-corrected chi connectivity index (χ2v) is 6.12. The van der Waals surface area contributed by atoms with Gasteiger partial charge < -0.3 is 9.88 Å². The molecule has 1 aromatic carbocycles. The van der Waals surface area contributed by atoms with Crippen LogP contribution < -0.4 is 0 Å². The standard InChI is InChI=1S/C16H19ClN2O/c1-11-5-7-19(8-6-11)15(20)9-12-10-18-14-4-2-3-13(17)16(12)14/h2-4,10-11,18H,5-9H2,1H3. The summed E-state index contributed by atoms with van der Waals surface area (Å²) in [5.41, 5.74) is 1.99. The van der Waals surface area contributed by atoms with Crippen LogP contribution in [0.15, 0.2) is 24.4 Å². The van der Waals surface area contributed by atoms with Crippen LogP contribution in [0.4, 0.5) is 0 Å². The molecule has 3 rings (SSSR count). The zero-order valence-electron chi connectivity index (χ0n) is 11.7. The highest BCUT2D eigenvalue weighted by Crippen LogP contribution is 2.27. The number of halogens is 1. The number of aromatic nitrogens is 1. The van der Waals surface area contributed by atoms with Crippen molar-refractivity contribution in [2.75, 3.05) is 13.1 Å². The molecule has 1 aliphatic heterocycles. The average molecular weight is 291 g/mol. The highest BCUT2D eigenvalue weighted by atomic mass is 35.5. The predicted octanol–water partition coefficient (Wildman–Crippen LogP) is 3.62. The van der Waals surface area contributed by atoms with Gasteiger partial charge in [-0.25, -0.2) is 0 Å². The van der Waals surface area contributed by atoms with E-state index < -0.39 is 0 Å². The number of carbonyl (C=O) groups excluding carboxylic acids is 1. The number of benzene rings is 1. The van der Waals surface area contributed by atoms with E-state index in [-0.39, 0.29) is 5.91 Å². The van der Waals surface area contributed by atoms with Crippen molar-refractivity contribution in [3.8, 4) is 0 Å². The van der Waals surface area contributed by atoms with Crippen LogP contribution in [0.5, 0.6) is 0 Å². The van der Waals surface area contributed by atoms with Crippen LogP contribution in [0.2, 0.25) is 5.02 Å². The summed E-state index contributed by atoms with van der Waals surface area (Å²) in [6, 6.07) is 5.77. The van der Waals surface area contributed by atoms with Crippen LogP contribution in [-0.4, -0.2) is 28.9 Å². The van der Waals surface area contributed by atoms with Gasteiger partial charge in [-0.05, 0) is 36.5 Å². The Morgan fingerprint density at radius 1 is 1.40 bits per heavy atom. The van der Waals surface area contributed by atoms with Gasteiger partial charge in [0.15, 0.2) is 0 Å². The molecule has 1 N–H and O–H groups in total. The molecular formula is C16H19ClN2O. The van der Waals surface area contributed by atoms with Crippen molar-refractivity contribution < 1.29 is 4.79 Å². The maximum atomic E-state index is 12.4. The number of piperidine rings is 1. The number of hydrogen-bond acceptors (Lipinski definition) is 1. The molecular weight excluding hydrogens is 272 g/mol. The van der Waals surface area contributed by atoms with Gasteiger partial charge in [0.25, 0.3) is 0 Å². The number of likely N-dealkylation sites (tertiary alicyclic amines) is 1. The molecule has 106 valence electrons. The zero-order valence-corrected chi connectivity index (χ0v) is 12.4. The minimum Gasteiger partial charge on any atom is -0.361 e. The van der Waals surface area contributed by atoms with Gasteiger partial charge in [0.1, 0.15) is 0 Å².